The quantitative estimate of drug-likeness (QED) is 0.701. The molecule has 1 fully saturated rings. The number of thioether (sulfide) groups is 1. The molecule has 0 aromatic carbocycles. The molecule has 2 aliphatic heterocycles. The summed E-state index contributed by atoms with van der Waals surface area (Å²) in [6.07, 6.45) is 2.93. The Labute approximate surface area is 81.2 Å². The number of carboxylic acids is 1. The van der Waals surface area contributed by atoms with Crippen LogP contribution in [0.25, 0.3) is 0 Å². The lowest BCUT2D eigenvalue weighted by Gasteiger charge is -2.44. The first kappa shape index (κ1) is 9.74. The zero-order valence-corrected chi connectivity index (χ0v) is 8.03. The Morgan fingerprint density at radius 3 is 2.92 bits per heavy atom. The third kappa shape index (κ3) is 1.41. The van der Waals surface area contributed by atoms with Crippen molar-refractivity contribution in [2.45, 2.75) is 11.8 Å². The molecule has 0 bridgehead atoms. The Bertz CT molecular complexity index is 231. The highest BCUT2D eigenvalue weighted by Gasteiger charge is 2.34. The molecular weight excluding hydrogens is 198 g/mol. The van der Waals surface area contributed by atoms with Gasteiger partial charge in [0.2, 0.25) is 0 Å². The molecule has 0 radical (unpaired) electrons. The van der Waals surface area contributed by atoms with Crippen molar-refractivity contribution in [3.05, 3.63) is 11.8 Å². The molecule has 0 aliphatic carbocycles. The van der Waals surface area contributed by atoms with Crippen molar-refractivity contribution < 1.29 is 9.90 Å². The maximum atomic E-state index is 10.6. The summed E-state index contributed by atoms with van der Waals surface area (Å²) in [5.74, 6) is 0.0676. The van der Waals surface area contributed by atoms with Gasteiger partial charge in [-0.25, -0.2) is 4.79 Å². The van der Waals surface area contributed by atoms with Crippen molar-refractivity contribution in [3.8, 4) is 0 Å². The van der Waals surface area contributed by atoms with Gasteiger partial charge in [-0.1, -0.05) is 0 Å². The van der Waals surface area contributed by atoms with Gasteiger partial charge in [0.1, 0.15) is 5.70 Å². The van der Waals surface area contributed by atoms with Crippen LogP contribution in [-0.2, 0) is 4.79 Å². The molecule has 0 saturated carbocycles. The molecule has 2 heterocycles. The Morgan fingerprint density at radius 2 is 2.50 bits per heavy atom. The third-order valence-electron chi connectivity index (χ3n) is 2.06. The molecule has 68 valence electrons. The molecule has 0 spiro atoms. The second-order valence-corrected chi connectivity index (χ2v) is 3.88. The summed E-state index contributed by atoms with van der Waals surface area (Å²) >= 11 is 1.82. The number of hydrogen-bond acceptors (Lipinski definition) is 3. The van der Waals surface area contributed by atoms with Crippen LogP contribution >= 0.6 is 24.2 Å². The van der Waals surface area contributed by atoms with Crippen molar-refractivity contribution in [1.82, 2.24) is 4.90 Å². The van der Waals surface area contributed by atoms with Crippen molar-refractivity contribution in [2.24, 2.45) is 0 Å². The van der Waals surface area contributed by atoms with E-state index >= 15 is 0 Å². The van der Waals surface area contributed by atoms with E-state index < -0.39 is 5.97 Å². The summed E-state index contributed by atoms with van der Waals surface area (Å²) in [5, 5.41) is 9.19. The third-order valence-corrected chi connectivity index (χ3v) is 3.29. The molecule has 1 unspecified atom stereocenters. The van der Waals surface area contributed by atoms with Crippen LogP contribution < -0.4 is 0 Å². The number of hydrogen-bond donors (Lipinski definition) is 1. The average molecular weight is 208 g/mol. The van der Waals surface area contributed by atoms with Crippen LogP contribution in [0.15, 0.2) is 11.8 Å². The van der Waals surface area contributed by atoms with Gasteiger partial charge in [0, 0.05) is 12.3 Å². The van der Waals surface area contributed by atoms with Gasteiger partial charge in [-0.15, -0.1) is 24.2 Å². The van der Waals surface area contributed by atoms with E-state index in [-0.39, 0.29) is 12.4 Å². The molecule has 0 aromatic heterocycles. The summed E-state index contributed by atoms with van der Waals surface area (Å²) in [6.45, 7) is 0.913. The monoisotopic (exact) mass is 207 g/mol. The maximum Gasteiger partial charge on any atom is 0.351 e. The van der Waals surface area contributed by atoms with Crippen LogP contribution in [0.3, 0.4) is 0 Å². The van der Waals surface area contributed by atoms with Crippen LogP contribution in [0.4, 0.5) is 0 Å². The fourth-order valence-corrected chi connectivity index (χ4v) is 2.53. The van der Waals surface area contributed by atoms with E-state index in [2.05, 4.69) is 0 Å². The fourth-order valence-electron chi connectivity index (χ4n) is 1.38. The topological polar surface area (TPSA) is 40.5 Å². The van der Waals surface area contributed by atoms with Gasteiger partial charge in [0.05, 0.1) is 5.37 Å². The Morgan fingerprint density at radius 1 is 1.75 bits per heavy atom. The largest absolute Gasteiger partial charge is 0.477 e. The van der Waals surface area contributed by atoms with Crippen molar-refractivity contribution >= 4 is 30.1 Å². The minimum absolute atomic E-state index is 0. The molecule has 12 heavy (non-hydrogen) atoms. The predicted molar refractivity (Wildman–Crippen MR) is 50.5 cm³/mol. The second-order valence-electron chi connectivity index (χ2n) is 2.66. The highest BCUT2D eigenvalue weighted by molar-refractivity contribution is 8.00. The molecule has 0 amide bonds. The molecule has 2 rings (SSSR count). The molecular formula is C7H10ClNO2S. The molecule has 1 saturated heterocycles. The van der Waals surface area contributed by atoms with Gasteiger partial charge >= 0.3 is 5.97 Å². The number of halogens is 1. The lowest BCUT2D eigenvalue weighted by atomic mass is 10.2. The van der Waals surface area contributed by atoms with E-state index in [0.717, 1.165) is 18.7 Å². The normalized spacial score (nSPS) is 26.2. The molecule has 1 atom stereocenters. The Balaban J connectivity index is 0.000000720. The van der Waals surface area contributed by atoms with Crippen LogP contribution in [0.5, 0.6) is 0 Å². The van der Waals surface area contributed by atoms with E-state index in [0.29, 0.717) is 11.1 Å². The highest BCUT2D eigenvalue weighted by Crippen LogP contribution is 2.35. The second kappa shape index (κ2) is 3.58. The average Bonchev–Trinajstić information content (AvgIpc) is 1.90. The van der Waals surface area contributed by atoms with E-state index in [1.165, 1.54) is 0 Å². The summed E-state index contributed by atoms with van der Waals surface area (Å²) in [4.78, 5) is 12.6. The van der Waals surface area contributed by atoms with Crippen molar-refractivity contribution in [3.63, 3.8) is 0 Å². The number of carbonyl (C=O) groups is 1. The molecule has 2 aliphatic rings. The van der Waals surface area contributed by atoms with Gasteiger partial charge in [-0.3, -0.25) is 0 Å². The lowest BCUT2D eigenvalue weighted by Crippen LogP contribution is -2.48. The number of fused-ring (bicyclic) bond motifs is 1. The Kier molecular flexibility index (Phi) is 2.90. The first-order valence-electron chi connectivity index (χ1n) is 3.61. The molecule has 1 N–H and O–H groups in total. The summed E-state index contributed by atoms with van der Waals surface area (Å²) < 4.78 is 0. The maximum absolute atomic E-state index is 10.6. The number of nitrogens with zero attached hydrogens (tertiary/aromatic N) is 1. The first-order valence-corrected chi connectivity index (χ1v) is 4.65. The van der Waals surface area contributed by atoms with Gasteiger partial charge < -0.3 is 10.0 Å². The van der Waals surface area contributed by atoms with Gasteiger partial charge in [0.25, 0.3) is 0 Å². The van der Waals surface area contributed by atoms with Crippen molar-refractivity contribution in [2.75, 3.05) is 12.3 Å². The van der Waals surface area contributed by atoms with Crippen LogP contribution in [0.2, 0.25) is 0 Å². The summed E-state index contributed by atoms with van der Waals surface area (Å²) in [5.41, 5.74) is 0.500. The van der Waals surface area contributed by atoms with E-state index in [9.17, 15) is 4.79 Å². The lowest BCUT2D eigenvalue weighted by molar-refractivity contribution is -0.135. The summed E-state index contributed by atoms with van der Waals surface area (Å²) in [6, 6.07) is 0. The SMILES string of the molecule is Cl.O=C(O)C1=CCSC2CCN12. The van der Waals surface area contributed by atoms with E-state index in [4.69, 9.17) is 5.11 Å². The first-order chi connectivity index (χ1) is 5.29. The Hall–Kier alpha value is -0.350. The van der Waals surface area contributed by atoms with Crippen molar-refractivity contribution in [1.29, 1.82) is 0 Å². The number of aliphatic carboxylic acids is 1. The number of rotatable bonds is 1. The highest BCUT2D eigenvalue weighted by atomic mass is 35.5. The smallest absolute Gasteiger partial charge is 0.351 e. The van der Waals surface area contributed by atoms with Crippen LogP contribution in [-0.4, -0.2) is 33.6 Å². The van der Waals surface area contributed by atoms with Crippen LogP contribution in [0, 0.1) is 0 Å². The van der Waals surface area contributed by atoms with Gasteiger partial charge in [0.15, 0.2) is 0 Å². The predicted octanol–water partition coefficient (Wildman–Crippen LogP) is 1.16. The fraction of sp³-hybridized carbons (Fsp3) is 0.571. The molecule has 0 aromatic rings. The number of carboxylic acid groups (broad SMARTS) is 1. The standard InChI is InChI=1S/C7H9NO2S.ClH/c9-7(10)5-2-4-11-6-1-3-8(5)6;/h2,6H,1,3-4H2,(H,9,10);1H. The van der Waals surface area contributed by atoms with Crippen LogP contribution in [0.1, 0.15) is 6.42 Å². The zero-order chi connectivity index (χ0) is 7.84. The minimum atomic E-state index is -0.782. The van der Waals surface area contributed by atoms with Gasteiger partial charge in [-0.05, 0) is 12.5 Å². The molecule has 5 heteroatoms. The van der Waals surface area contributed by atoms with Gasteiger partial charge in [-0.2, -0.15) is 0 Å². The zero-order valence-electron chi connectivity index (χ0n) is 6.40. The summed E-state index contributed by atoms with van der Waals surface area (Å²) in [7, 11) is 0. The minimum Gasteiger partial charge on any atom is -0.477 e. The van der Waals surface area contributed by atoms with E-state index in [1.807, 2.05) is 16.7 Å². The van der Waals surface area contributed by atoms with E-state index in [1.54, 1.807) is 6.08 Å². The molecule has 3 nitrogen and oxygen atoms in total.